The number of nitrogens with one attached hydrogen (secondary N) is 2. The van der Waals surface area contributed by atoms with Crippen LogP contribution >= 0.6 is 15.9 Å². The smallest absolute Gasteiger partial charge is 0.0209 e. The molecule has 15 heavy (non-hydrogen) atoms. The molecule has 2 N–H and O–H groups in total. The second kappa shape index (κ2) is 5.10. The topological polar surface area (TPSA) is 24.1 Å². The molecule has 0 saturated carbocycles. The Kier molecular flexibility index (Phi) is 3.78. The lowest BCUT2D eigenvalue weighted by Crippen LogP contribution is -2.34. The van der Waals surface area contributed by atoms with Gasteiger partial charge in [0.05, 0.1) is 0 Å². The van der Waals surface area contributed by atoms with E-state index in [-0.39, 0.29) is 0 Å². The zero-order valence-electron chi connectivity index (χ0n) is 9.02. The molecule has 0 spiro atoms. The molecule has 1 aromatic carbocycles. The Morgan fingerprint density at radius 2 is 2.40 bits per heavy atom. The number of fused-ring (bicyclic) bond motifs is 1. The van der Waals surface area contributed by atoms with Crippen LogP contribution in [-0.4, -0.2) is 19.6 Å². The number of rotatable bonds is 3. The third-order valence-corrected chi connectivity index (χ3v) is 3.39. The molecule has 0 amide bonds. The highest BCUT2D eigenvalue weighted by atomic mass is 79.9. The van der Waals surface area contributed by atoms with E-state index in [9.17, 15) is 0 Å². The Bertz CT molecular complexity index is 338. The van der Waals surface area contributed by atoms with Crippen LogP contribution in [0.3, 0.4) is 0 Å². The molecule has 1 aliphatic rings. The van der Waals surface area contributed by atoms with Crippen LogP contribution in [0, 0.1) is 0 Å². The van der Waals surface area contributed by atoms with Crippen LogP contribution in [0.1, 0.15) is 24.0 Å². The van der Waals surface area contributed by atoms with Crippen molar-refractivity contribution in [2.24, 2.45) is 0 Å². The average molecular weight is 269 g/mol. The zero-order valence-corrected chi connectivity index (χ0v) is 10.6. The van der Waals surface area contributed by atoms with Crippen LogP contribution in [0.4, 0.5) is 0 Å². The van der Waals surface area contributed by atoms with Crippen molar-refractivity contribution in [3.63, 3.8) is 0 Å². The Morgan fingerprint density at radius 1 is 1.53 bits per heavy atom. The predicted octanol–water partition coefficient (Wildman–Crippen LogP) is 2.25. The normalized spacial score (nSPS) is 20.0. The molecule has 0 aliphatic carbocycles. The van der Waals surface area contributed by atoms with Gasteiger partial charge in [-0.05, 0) is 29.8 Å². The molecule has 0 aromatic heterocycles. The van der Waals surface area contributed by atoms with E-state index in [2.05, 4.69) is 51.7 Å². The second-order valence-corrected chi connectivity index (χ2v) is 4.89. The molecule has 1 heterocycles. The van der Waals surface area contributed by atoms with Gasteiger partial charge in [-0.2, -0.15) is 0 Å². The van der Waals surface area contributed by atoms with Gasteiger partial charge >= 0.3 is 0 Å². The largest absolute Gasteiger partial charge is 0.316 e. The van der Waals surface area contributed by atoms with Crippen molar-refractivity contribution in [1.82, 2.24) is 10.6 Å². The molecule has 1 aliphatic heterocycles. The molecule has 2 rings (SSSR count). The van der Waals surface area contributed by atoms with Gasteiger partial charge in [0.1, 0.15) is 0 Å². The Hall–Kier alpha value is -0.380. The number of likely N-dealkylation sites (N-methyl/N-ethyl adjacent to an activating group) is 1. The molecule has 0 fully saturated rings. The van der Waals surface area contributed by atoms with E-state index in [0.29, 0.717) is 5.92 Å². The Balaban J connectivity index is 2.18. The maximum Gasteiger partial charge on any atom is 0.0209 e. The van der Waals surface area contributed by atoms with Gasteiger partial charge in [-0.1, -0.05) is 28.9 Å². The van der Waals surface area contributed by atoms with Gasteiger partial charge < -0.3 is 10.6 Å². The standard InChI is InChI=1S/C12H17BrN2/c1-2-14-7-10-8-15-6-9-5-11(13)3-4-12(9)10/h3-5,10,14-15H,2,6-8H2,1H3. The fourth-order valence-electron chi connectivity index (χ4n) is 2.12. The average Bonchev–Trinajstić information content (AvgIpc) is 2.25. The van der Waals surface area contributed by atoms with E-state index >= 15 is 0 Å². The maximum absolute atomic E-state index is 3.52. The van der Waals surface area contributed by atoms with E-state index < -0.39 is 0 Å². The minimum Gasteiger partial charge on any atom is -0.316 e. The van der Waals surface area contributed by atoms with Gasteiger partial charge in [-0.15, -0.1) is 0 Å². The van der Waals surface area contributed by atoms with Crippen molar-refractivity contribution in [3.8, 4) is 0 Å². The summed E-state index contributed by atoms with van der Waals surface area (Å²) < 4.78 is 1.17. The van der Waals surface area contributed by atoms with Gasteiger partial charge in [-0.3, -0.25) is 0 Å². The van der Waals surface area contributed by atoms with Gasteiger partial charge in [-0.25, -0.2) is 0 Å². The predicted molar refractivity (Wildman–Crippen MR) is 67.1 cm³/mol. The quantitative estimate of drug-likeness (QED) is 0.879. The number of hydrogen-bond donors (Lipinski definition) is 2. The van der Waals surface area contributed by atoms with Crippen LogP contribution in [0.2, 0.25) is 0 Å². The molecule has 2 nitrogen and oxygen atoms in total. The first-order valence-corrected chi connectivity index (χ1v) is 6.30. The number of halogens is 1. The molecule has 0 saturated heterocycles. The monoisotopic (exact) mass is 268 g/mol. The molecule has 0 bridgehead atoms. The van der Waals surface area contributed by atoms with Crippen molar-refractivity contribution in [2.45, 2.75) is 19.4 Å². The van der Waals surface area contributed by atoms with E-state index in [1.54, 1.807) is 0 Å². The molecule has 1 unspecified atom stereocenters. The number of benzene rings is 1. The van der Waals surface area contributed by atoms with Gasteiger partial charge in [0.15, 0.2) is 0 Å². The van der Waals surface area contributed by atoms with E-state index in [1.807, 2.05) is 0 Å². The fraction of sp³-hybridized carbons (Fsp3) is 0.500. The minimum absolute atomic E-state index is 0.613. The summed E-state index contributed by atoms with van der Waals surface area (Å²) in [6.07, 6.45) is 0. The summed E-state index contributed by atoms with van der Waals surface area (Å²) in [5.74, 6) is 0.613. The van der Waals surface area contributed by atoms with Crippen LogP contribution < -0.4 is 10.6 Å². The Morgan fingerprint density at radius 3 is 3.20 bits per heavy atom. The molecular formula is C12H17BrN2. The van der Waals surface area contributed by atoms with Crippen molar-refractivity contribution >= 4 is 15.9 Å². The second-order valence-electron chi connectivity index (χ2n) is 3.98. The summed E-state index contributed by atoms with van der Waals surface area (Å²) in [5, 5.41) is 6.89. The Labute approximate surface area is 99.6 Å². The fourth-order valence-corrected chi connectivity index (χ4v) is 2.53. The van der Waals surface area contributed by atoms with Gasteiger partial charge in [0, 0.05) is 30.0 Å². The highest BCUT2D eigenvalue weighted by Crippen LogP contribution is 2.26. The van der Waals surface area contributed by atoms with Crippen molar-refractivity contribution in [2.75, 3.05) is 19.6 Å². The summed E-state index contributed by atoms with van der Waals surface area (Å²) in [6, 6.07) is 6.62. The van der Waals surface area contributed by atoms with Crippen molar-refractivity contribution in [1.29, 1.82) is 0 Å². The van der Waals surface area contributed by atoms with Gasteiger partial charge in [0.25, 0.3) is 0 Å². The minimum atomic E-state index is 0.613. The molecule has 3 heteroatoms. The van der Waals surface area contributed by atoms with E-state index in [1.165, 1.54) is 15.6 Å². The third kappa shape index (κ3) is 2.60. The lowest BCUT2D eigenvalue weighted by molar-refractivity contribution is 0.509. The third-order valence-electron chi connectivity index (χ3n) is 2.89. The van der Waals surface area contributed by atoms with Gasteiger partial charge in [0.2, 0.25) is 0 Å². The van der Waals surface area contributed by atoms with Crippen molar-refractivity contribution < 1.29 is 0 Å². The van der Waals surface area contributed by atoms with E-state index in [4.69, 9.17) is 0 Å². The maximum atomic E-state index is 3.52. The molecule has 82 valence electrons. The summed E-state index contributed by atoms with van der Waals surface area (Å²) >= 11 is 3.52. The first-order valence-electron chi connectivity index (χ1n) is 5.51. The first-order chi connectivity index (χ1) is 7.31. The number of hydrogen-bond acceptors (Lipinski definition) is 2. The lowest BCUT2D eigenvalue weighted by Gasteiger charge is -2.26. The summed E-state index contributed by atoms with van der Waals surface area (Å²) in [6.45, 7) is 6.35. The highest BCUT2D eigenvalue weighted by molar-refractivity contribution is 9.10. The van der Waals surface area contributed by atoms with Crippen LogP contribution in [0.15, 0.2) is 22.7 Å². The van der Waals surface area contributed by atoms with Crippen LogP contribution in [-0.2, 0) is 6.54 Å². The molecule has 0 radical (unpaired) electrons. The molecule has 1 atom stereocenters. The summed E-state index contributed by atoms with van der Waals surface area (Å²) in [5.41, 5.74) is 2.93. The summed E-state index contributed by atoms with van der Waals surface area (Å²) in [4.78, 5) is 0. The zero-order chi connectivity index (χ0) is 10.7. The van der Waals surface area contributed by atoms with Crippen LogP contribution in [0.5, 0.6) is 0 Å². The SMILES string of the molecule is CCNCC1CNCc2cc(Br)ccc21. The van der Waals surface area contributed by atoms with Crippen LogP contribution in [0.25, 0.3) is 0 Å². The first kappa shape index (κ1) is 11.1. The summed E-state index contributed by atoms with van der Waals surface area (Å²) in [7, 11) is 0. The van der Waals surface area contributed by atoms with E-state index in [0.717, 1.165) is 26.2 Å². The van der Waals surface area contributed by atoms with Crippen molar-refractivity contribution in [3.05, 3.63) is 33.8 Å². The highest BCUT2D eigenvalue weighted by Gasteiger charge is 2.19. The molecule has 1 aromatic rings. The molecular weight excluding hydrogens is 252 g/mol. The lowest BCUT2D eigenvalue weighted by atomic mass is 9.91.